The summed E-state index contributed by atoms with van der Waals surface area (Å²) < 4.78 is 4.61. The van der Waals surface area contributed by atoms with Gasteiger partial charge in [0, 0.05) is 12.7 Å². The number of carbonyl (C=O) groups is 1. The number of anilines is 1. The number of hydrogen-bond acceptors (Lipinski definition) is 3. The van der Waals surface area contributed by atoms with E-state index in [0.717, 1.165) is 12.2 Å². The number of ether oxygens (including phenoxy) is 1. The van der Waals surface area contributed by atoms with E-state index in [1.165, 1.54) is 12.7 Å². The molecule has 2 aromatic rings. The molecule has 4 heteroatoms. The molecule has 0 spiro atoms. The van der Waals surface area contributed by atoms with Crippen molar-refractivity contribution in [3.8, 4) is 0 Å². The van der Waals surface area contributed by atoms with Gasteiger partial charge in [-0.15, -0.1) is 0 Å². The molecule has 88 valence electrons. The minimum atomic E-state index is -0.363. The standard InChI is InChI=1S/C13H14N2O2/c1-17-13(16)12-7-11(9-15-12)14-8-10-5-3-2-4-6-10/h2-7,9,14-15H,8H2,1H3. The summed E-state index contributed by atoms with van der Waals surface area (Å²) in [6.45, 7) is 0.722. The lowest BCUT2D eigenvalue weighted by molar-refractivity contribution is 0.0595. The van der Waals surface area contributed by atoms with E-state index in [0.29, 0.717) is 5.69 Å². The van der Waals surface area contributed by atoms with Gasteiger partial charge in [0.2, 0.25) is 0 Å². The molecule has 0 aliphatic carbocycles. The normalized spacial score (nSPS) is 9.94. The molecule has 1 heterocycles. The first-order valence-corrected chi connectivity index (χ1v) is 5.34. The van der Waals surface area contributed by atoms with Gasteiger partial charge < -0.3 is 15.0 Å². The average Bonchev–Trinajstić information content (AvgIpc) is 2.85. The molecule has 0 bridgehead atoms. The van der Waals surface area contributed by atoms with Gasteiger partial charge >= 0.3 is 5.97 Å². The van der Waals surface area contributed by atoms with Crippen molar-refractivity contribution in [1.29, 1.82) is 0 Å². The van der Waals surface area contributed by atoms with Crippen molar-refractivity contribution in [1.82, 2.24) is 4.98 Å². The third-order valence-corrected chi connectivity index (χ3v) is 2.43. The van der Waals surface area contributed by atoms with Crippen LogP contribution >= 0.6 is 0 Å². The highest BCUT2D eigenvalue weighted by atomic mass is 16.5. The maximum absolute atomic E-state index is 11.2. The second-order valence-corrected chi connectivity index (χ2v) is 3.63. The number of esters is 1. The summed E-state index contributed by atoms with van der Waals surface area (Å²) in [4.78, 5) is 14.1. The lowest BCUT2D eigenvalue weighted by atomic mass is 10.2. The number of nitrogens with one attached hydrogen (secondary N) is 2. The van der Waals surface area contributed by atoms with Crippen LogP contribution in [0.1, 0.15) is 16.1 Å². The SMILES string of the molecule is COC(=O)c1cc(NCc2ccccc2)c[nH]1. The van der Waals surface area contributed by atoms with E-state index >= 15 is 0 Å². The Labute approximate surface area is 99.6 Å². The van der Waals surface area contributed by atoms with Crippen LogP contribution in [0.3, 0.4) is 0 Å². The Bertz CT molecular complexity index is 491. The summed E-state index contributed by atoms with van der Waals surface area (Å²) in [7, 11) is 1.36. The molecular formula is C13H14N2O2. The zero-order valence-electron chi connectivity index (χ0n) is 9.57. The molecule has 2 rings (SSSR count). The quantitative estimate of drug-likeness (QED) is 0.793. The van der Waals surface area contributed by atoms with Gasteiger partial charge in [0.05, 0.1) is 12.8 Å². The van der Waals surface area contributed by atoms with Gasteiger partial charge in [0.25, 0.3) is 0 Å². The Hall–Kier alpha value is -2.23. The number of methoxy groups -OCH3 is 1. The molecule has 0 saturated heterocycles. The van der Waals surface area contributed by atoms with Crippen LogP contribution in [0.15, 0.2) is 42.6 Å². The smallest absolute Gasteiger partial charge is 0.354 e. The van der Waals surface area contributed by atoms with Gasteiger partial charge in [-0.2, -0.15) is 0 Å². The van der Waals surface area contributed by atoms with Crippen molar-refractivity contribution in [2.75, 3.05) is 12.4 Å². The van der Waals surface area contributed by atoms with Gasteiger partial charge in [-0.05, 0) is 11.6 Å². The second kappa shape index (κ2) is 5.21. The van der Waals surface area contributed by atoms with Gasteiger partial charge in [-0.1, -0.05) is 30.3 Å². The highest BCUT2D eigenvalue weighted by Crippen LogP contribution is 2.11. The number of H-pyrrole nitrogens is 1. The summed E-state index contributed by atoms with van der Waals surface area (Å²) >= 11 is 0. The fourth-order valence-electron chi connectivity index (χ4n) is 1.52. The Morgan fingerprint density at radius 3 is 2.82 bits per heavy atom. The predicted octanol–water partition coefficient (Wildman–Crippen LogP) is 2.41. The summed E-state index contributed by atoms with van der Waals surface area (Å²) in [6, 6.07) is 11.8. The number of aromatic amines is 1. The third-order valence-electron chi connectivity index (χ3n) is 2.43. The van der Waals surface area contributed by atoms with Crippen LogP contribution in [-0.2, 0) is 11.3 Å². The van der Waals surface area contributed by atoms with Crippen molar-refractivity contribution < 1.29 is 9.53 Å². The Morgan fingerprint density at radius 2 is 2.12 bits per heavy atom. The summed E-state index contributed by atoms with van der Waals surface area (Å²) in [6.07, 6.45) is 1.75. The minimum absolute atomic E-state index is 0.363. The van der Waals surface area contributed by atoms with Crippen LogP contribution in [0.5, 0.6) is 0 Å². The first-order chi connectivity index (χ1) is 8.29. The topological polar surface area (TPSA) is 54.1 Å². The maximum atomic E-state index is 11.2. The maximum Gasteiger partial charge on any atom is 0.354 e. The van der Waals surface area contributed by atoms with Crippen LogP contribution in [0.4, 0.5) is 5.69 Å². The Kier molecular flexibility index (Phi) is 3.45. The van der Waals surface area contributed by atoms with Gasteiger partial charge in [-0.25, -0.2) is 4.79 Å². The molecule has 1 aromatic heterocycles. The lowest BCUT2D eigenvalue weighted by Crippen LogP contribution is -2.01. The van der Waals surface area contributed by atoms with E-state index in [1.807, 2.05) is 30.3 Å². The van der Waals surface area contributed by atoms with E-state index in [-0.39, 0.29) is 5.97 Å². The minimum Gasteiger partial charge on any atom is -0.464 e. The lowest BCUT2D eigenvalue weighted by Gasteiger charge is -2.02. The van der Waals surface area contributed by atoms with Gasteiger partial charge in [0.15, 0.2) is 0 Å². The fraction of sp³-hybridized carbons (Fsp3) is 0.154. The number of aromatic nitrogens is 1. The average molecular weight is 230 g/mol. The molecule has 0 radical (unpaired) electrons. The van der Waals surface area contributed by atoms with E-state index in [4.69, 9.17) is 0 Å². The molecule has 0 unspecified atom stereocenters. The van der Waals surface area contributed by atoms with Crippen molar-refractivity contribution in [2.45, 2.75) is 6.54 Å². The van der Waals surface area contributed by atoms with Crippen LogP contribution in [0.25, 0.3) is 0 Å². The summed E-state index contributed by atoms with van der Waals surface area (Å²) in [5.41, 5.74) is 2.51. The van der Waals surface area contributed by atoms with Crippen LogP contribution < -0.4 is 5.32 Å². The highest BCUT2D eigenvalue weighted by Gasteiger charge is 2.07. The van der Waals surface area contributed by atoms with Crippen LogP contribution in [0, 0.1) is 0 Å². The van der Waals surface area contributed by atoms with E-state index in [9.17, 15) is 4.79 Å². The van der Waals surface area contributed by atoms with E-state index in [2.05, 4.69) is 15.0 Å². The van der Waals surface area contributed by atoms with Crippen molar-refractivity contribution in [3.63, 3.8) is 0 Å². The summed E-state index contributed by atoms with van der Waals surface area (Å²) in [5, 5.41) is 3.22. The first-order valence-electron chi connectivity index (χ1n) is 5.34. The van der Waals surface area contributed by atoms with Crippen LogP contribution in [0.2, 0.25) is 0 Å². The predicted molar refractivity (Wildman–Crippen MR) is 65.9 cm³/mol. The number of hydrogen-bond donors (Lipinski definition) is 2. The van der Waals surface area contributed by atoms with Crippen molar-refractivity contribution >= 4 is 11.7 Å². The van der Waals surface area contributed by atoms with E-state index in [1.54, 1.807) is 12.3 Å². The van der Waals surface area contributed by atoms with Gasteiger partial charge in [-0.3, -0.25) is 0 Å². The largest absolute Gasteiger partial charge is 0.464 e. The molecular weight excluding hydrogens is 216 g/mol. The number of carbonyl (C=O) groups excluding carboxylic acids is 1. The molecule has 0 aliphatic heterocycles. The molecule has 0 atom stereocenters. The van der Waals surface area contributed by atoms with Crippen LogP contribution in [-0.4, -0.2) is 18.1 Å². The molecule has 17 heavy (non-hydrogen) atoms. The Balaban J connectivity index is 1.96. The summed E-state index contributed by atoms with van der Waals surface area (Å²) in [5.74, 6) is -0.363. The van der Waals surface area contributed by atoms with Gasteiger partial charge in [0.1, 0.15) is 5.69 Å². The molecule has 4 nitrogen and oxygen atoms in total. The third kappa shape index (κ3) is 2.87. The van der Waals surface area contributed by atoms with E-state index < -0.39 is 0 Å². The molecule has 0 fully saturated rings. The number of rotatable bonds is 4. The Morgan fingerprint density at radius 1 is 1.35 bits per heavy atom. The first kappa shape index (κ1) is 11.3. The molecule has 0 saturated carbocycles. The zero-order chi connectivity index (χ0) is 12.1. The second-order valence-electron chi connectivity index (χ2n) is 3.63. The zero-order valence-corrected chi connectivity index (χ0v) is 9.57. The monoisotopic (exact) mass is 230 g/mol. The highest BCUT2D eigenvalue weighted by molar-refractivity contribution is 5.88. The molecule has 1 aromatic carbocycles. The van der Waals surface area contributed by atoms with Crippen molar-refractivity contribution in [3.05, 3.63) is 53.9 Å². The molecule has 2 N–H and O–H groups in total. The number of benzene rings is 1. The molecule has 0 aliphatic rings. The van der Waals surface area contributed by atoms with Crippen molar-refractivity contribution in [2.24, 2.45) is 0 Å². The molecule has 0 amide bonds. The fourth-order valence-corrected chi connectivity index (χ4v) is 1.52.